The summed E-state index contributed by atoms with van der Waals surface area (Å²) in [5.41, 5.74) is 0.180. The van der Waals surface area contributed by atoms with E-state index >= 15 is 0 Å². The number of carbonyl (C=O) groups is 1. The van der Waals surface area contributed by atoms with Gasteiger partial charge in [-0.05, 0) is 50.3 Å². The molecule has 1 aliphatic carbocycles. The van der Waals surface area contributed by atoms with Gasteiger partial charge in [-0.2, -0.15) is 0 Å². The van der Waals surface area contributed by atoms with E-state index in [0.717, 1.165) is 25.3 Å². The fourth-order valence-electron chi connectivity index (χ4n) is 2.82. The SMILES string of the molecule is O=C(c1cccc(O)c1O)N1CCC(NCC2CC2)CC1. The van der Waals surface area contributed by atoms with Crippen molar-refractivity contribution in [1.82, 2.24) is 10.2 Å². The maximum absolute atomic E-state index is 12.4. The average molecular weight is 290 g/mol. The highest BCUT2D eigenvalue weighted by Crippen LogP contribution is 2.30. The number of piperidine rings is 1. The van der Waals surface area contributed by atoms with E-state index in [1.807, 2.05) is 0 Å². The summed E-state index contributed by atoms with van der Waals surface area (Å²) in [4.78, 5) is 14.1. The molecule has 1 amide bonds. The monoisotopic (exact) mass is 290 g/mol. The van der Waals surface area contributed by atoms with Gasteiger partial charge in [0.1, 0.15) is 0 Å². The van der Waals surface area contributed by atoms with Crippen molar-refractivity contribution in [2.75, 3.05) is 19.6 Å². The third-order valence-electron chi connectivity index (χ3n) is 4.42. The van der Waals surface area contributed by atoms with E-state index in [-0.39, 0.29) is 23.0 Å². The van der Waals surface area contributed by atoms with E-state index in [0.29, 0.717) is 19.1 Å². The van der Waals surface area contributed by atoms with Gasteiger partial charge in [0.15, 0.2) is 11.5 Å². The highest BCUT2D eigenvalue weighted by molar-refractivity contribution is 5.97. The fraction of sp³-hybridized carbons (Fsp3) is 0.562. The number of nitrogens with zero attached hydrogens (tertiary/aromatic N) is 1. The molecule has 0 atom stereocenters. The first-order valence-corrected chi connectivity index (χ1v) is 7.68. The van der Waals surface area contributed by atoms with Crippen LogP contribution in [0, 0.1) is 5.92 Å². The third-order valence-corrected chi connectivity index (χ3v) is 4.42. The Kier molecular flexibility index (Phi) is 4.01. The van der Waals surface area contributed by atoms with Crippen LogP contribution in [-0.4, -0.2) is 46.7 Å². The first kappa shape index (κ1) is 14.2. The summed E-state index contributed by atoms with van der Waals surface area (Å²) in [6.45, 7) is 2.48. The molecule has 0 unspecified atom stereocenters. The molecule has 1 aromatic carbocycles. The van der Waals surface area contributed by atoms with E-state index < -0.39 is 0 Å². The van der Waals surface area contributed by atoms with Crippen molar-refractivity contribution < 1.29 is 15.0 Å². The molecule has 2 fully saturated rings. The molecule has 0 spiro atoms. The van der Waals surface area contributed by atoms with Gasteiger partial charge in [0.2, 0.25) is 0 Å². The molecule has 5 nitrogen and oxygen atoms in total. The molecule has 1 aromatic rings. The van der Waals surface area contributed by atoms with Gasteiger partial charge in [0.05, 0.1) is 5.56 Å². The number of rotatable bonds is 4. The summed E-state index contributed by atoms with van der Waals surface area (Å²) in [7, 11) is 0. The maximum atomic E-state index is 12.4. The van der Waals surface area contributed by atoms with Gasteiger partial charge >= 0.3 is 0 Å². The molecule has 0 radical (unpaired) electrons. The second kappa shape index (κ2) is 5.93. The largest absolute Gasteiger partial charge is 0.504 e. The van der Waals surface area contributed by atoms with E-state index in [9.17, 15) is 15.0 Å². The lowest BCUT2D eigenvalue weighted by molar-refractivity contribution is 0.0701. The zero-order valence-electron chi connectivity index (χ0n) is 12.1. The van der Waals surface area contributed by atoms with E-state index in [1.54, 1.807) is 17.0 Å². The van der Waals surface area contributed by atoms with Crippen molar-refractivity contribution in [3.05, 3.63) is 23.8 Å². The first-order valence-electron chi connectivity index (χ1n) is 7.68. The number of phenols is 2. The molecule has 0 bridgehead atoms. The zero-order valence-corrected chi connectivity index (χ0v) is 12.1. The molecule has 3 rings (SSSR count). The van der Waals surface area contributed by atoms with E-state index in [4.69, 9.17) is 0 Å². The van der Waals surface area contributed by atoms with Gasteiger partial charge in [0, 0.05) is 19.1 Å². The van der Waals surface area contributed by atoms with Crippen LogP contribution in [0.2, 0.25) is 0 Å². The summed E-state index contributed by atoms with van der Waals surface area (Å²) in [6.07, 6.45) is 4.58. The van der Waals surface area contributed by atoms with Gasteiger partial charge in [-0.15, -0.1) is 0 Å². The fourth-order valence-corrected chi connectivity index (χ4v) is 2.82. The number of para-hydroxylation sites is 1. The van der Waals surface area contributed by atoms with Crippen molar-refractivity contribution >= 4 is 5.91 Å². The van der Waals surface area contributed by atoms with Crippen molar-refractivity contribution in [3.63, 3.8) is 0 Å². The van der Waals surface area contributed by atoms with Gasteiger partial charge in [-0.1, -0.05) is 6.07 Å². The maximum Gasteiger partial charge on any atom is 0.257 e. The van der Waals surface area contributed by atoms with Crippen molar-refractivity contribution in [2.24, 2.45) is 5.92 Å². The minimum atomic E-state index is -0.323. The standard InChI is InChI=1S/C16H22N2O3/c19-14-3-1-2-13(15(14)20)16(21)18-8-6-12(7-9-18)17-10-11-4-5-11/h1-3,11-12,17,19-20H,4-10H2. The predicted octanol–water partition coefficient (Wildman–Crippen LogP) is 1.70. The topological polar surface area (TPSA) is 72.8 Å². The van der Waals surface area contributed by atoms with Gasteiger partial charge in [-0.3, -0.25) is 4.79 Å². The molecular formula is C16H22N2O3. The van der Waals surface area contributed by atoms with Gasteiger partial charge in [-0.25, -0.2) is 0 Å². The van der Waals surface area contributed by atoms with E-state index in [1.165, 1.54) is 18.9 Å². The Morgan fingerprint density at radius 1 is 1.19 bits per heavy atom. The number of aromatic hydroxyl groups is 2. The molecule has 21 heavy (non-hydrogen) atoms. The zero-order chi connectivity index (χ0) is 14.8. The first-order chi connectivity index (χ1) is 10.1. The quantitative estimate of drug-likeness (QED) is 0.738. The second-order valence-electron chi connectivity index (χ2n) is 6.09. The molecule has 1 saturated carbocycles. The third kappa shape index (κ3) is 3.29. The molecule has 0 aromatic heterocycles. The molecule has 1 aliphatic heterocycles. The minimum Gasteiger partial charge on any atom is -0.504 e. The van der Waals surface area contributed by atoms with Crippen LogP contribution in [0.15, 0.2) is 18.2 Å². The number of hydrogen-bond acceptors (Lipinski definition) is 4. The Morgan fingerprint density at radius 2 is 1.90 bits per heavy atom. The lowest BCUT2D eigenvalue weighted by Gasteiger charge is -2.32. The smallest absolute Gasteiger partial charge is 0.257 e. The number of phenolic OH excluding ortho intramolecular Hbond substituents is 2. The van der Waals surface area contributed by atoms with Crippen LogP contribution >= 0.6 is 0 Å². The van der Waals surface area contributed by atoms with Crippen LogP contribution in [0.1, 0.15) is 36.0 Å². The van der Waals surface area contributed by atoms with Crippen LogP contribution in [0.5, 0.6) is 11.5 Å². The molecule has 1 saturated heterocycles. The molecule has 1 heterocycles. The van der Waals surface area contributed by atoms with Crippen molar-refractivity contribution in [1.29, 1.82) is 0 Å². The Balaban J connectivity index is 1.55. The van der Waals surface area contributed by atoms with Crippen molar-refractivity contribution in [2.45, 2.75) is 31.7 Å². The number of benzene rings is 1. The average Bonchev–Trinajstić information content (AvgIpc) is 3.32. The lowest BCUT2D eigenvalue weighted by Crippen LogP contribution is -2.45. The highest BCUT2D eigenvalue weighted by atomic mass is 16.3. The normalized spacial score (nSPS) is 19.7. The number of nitrogens with one attached hydrogen (secondary N) is 1. The minimum absolute atomic E-state index is 0.180. The number of hydrogen-bond donors (Lipinski definition) is 3. The number of carbonyl (C=O) groups excluding carboxylic acids is 1. The van der Waals surface area contributed by atoms with Crippen LogP contribution in [0.25, 0.3) is 0 Å². The molecule has 114 valence electrons. The number of likely N-dealkylation sites (tertiary alicyclic amines) is 1. The van der Waals surface area contributed by atoms with Crippen LogP contribution in [0.3, 0.4) is 0 Å². The molecule has 5 heteroatoms. The number of amides is 1. The van der Waals surface area contributed by atoms with E-state index in [2.05, 4.69) is 5.32 Å². The van der Waals surface area contributed by atoms with Gasteiger partial charge in [0.25, 0.3) is 5.91 Å². The lowest BCUT2D eigenvalue weighted by atomic mass is 10.0. The summed E-state index contributed by atoms with van der Waals surface area (Å²) in [5, 5.41) is 22.9. The molecule has 2 aliphatic rings. The highest BCUT2D eigenvalue weighted by Gasteiger charge is 2.27. The van der Waals surface area contributed by atoms with Crippen molar-refractivity contribution in [3.8, 4) is 11.5 Å². The van der Waals surface area contributed by atoms with Crippen LogP contribution < -0.4 is 5.32 Å². The summed E-state index contributed by atoms with van der Waals surface area (Å²) in [5.74, 6) is 0.0938. The summed E-state index contributed by atoms with van der Waals surface area (Å²) in [6, 6.07) is 4.99. The molecular weight excluding hydrogens is 268 g/mol. The second-order valence-corrected chi connectivity index (χ2v) is 6.09. The molecule has 3 N–H and O–H groups in total. The predicted molar refractivity (Wildman–Crippen MR) is 79.4 cm³/mol. The Labute approximate surface area is 124 Å². The summed E-state index contributed by atoms with van der Waals surface area (Å²) < 4.78 is 0. The van der Waals surface area contributed by atoms with Crippen LogP contribution in [0.4, 0.5) is 0 Å². The van der Waals surface area contributed by atoms with Crippen LogP contribution in [-0.2, 0) is 0 Å². The Bertz CT molecular complexity index is 520. The van der Waals surface area contributed by atoms with Gasteiger partial charge < -0.3 is 20.4 Å². The Hall–Kier alpha value is -1.75. The Morgan fingerprint density at radius 3 is 2.57 bits per heavy atom. The summed E-state index contributed by atoms with van der Waals surface area (Å²) >= 11 is 0.